The Morgan fingerprint density at radius 3 is 2.24 bits per heavy atom. The smallest absolute Gasteiger partial charge is 0.306 e. The third-order valence-corrected chi connectivity index (χ3v) is 5.79. The Hall–Kier alpha value is -1.60. The number of carbonyl (C=O) groups is 1. The van der Waals surface area contributed by atoms with Crippen LogP contribution in [0.15, 0.2) is 24.3 Å². The number of benzene rings is 1. The van der Waals surface area contributed by atoms with E-state index in [0.29, 0.717) is 18.5 Å². The first-order valence-electron chi connectivity index (χ1n) is 6.86. The monoisotopic (exact) mass is 312 g/mol. The predicted molar refractivity (Wildman–Crippen MR) is 80.4 cm³/mol. The van der Waals surface area contributed by atoms with E-state index in [9.17, 15) is 13.2 Å². The van der Waals surface area contributed by atoms with Gasteiger partial charge < -0.3 is 5.11 Å². The molecule has 0 amide bonds. The van der Waals surface area contributed by atoms with Gasteiger partial charge in [0.2, 0.25) is 0 Å². The SMILES string of the molecule is Cc1ccc(N(C)S(=O)(=O)N2CCC(C(=O)O)CC2)cc1. The molecule has 1 aliphatic rings. The van der Waals surface area contributed by atoms with Gasteiger partial charge >= 0.3 is 16.2 Å². The van der Waals surface area contributed by atoms with Crippen molar-refractivity contribution < 1.29 is 18.3 Å². The second-order valence-corrected chi connectivity index (χ2v) is 7.28. The van der Waals surface area contributed by atoms with Crippen LogP contribution < -0.4 is 4.31 Å². The average Bonchev–Trinajstić information content (AvgIpc) is 2.47. The second-order valence-electron chi connectivity index (χ2n) is 5.32. The molecule has 1 aliphatic heterocycles. The zero-order valence-corrected chi connectivity index (χ0v) is 13.0. The molecule has 116 valence electrons. The number of hydrogen-bond acceptors (Lipinski definition) is 3. The molecule has 0 aromatic heterocycles. The van der Waals surface area contributed by atoms with Gasteiger partial charge in [0.05, 0.1) is 11.6 Å². The molecular weight excluding hydrogens is 292 g/mol. The molecule has 1 heterocycles. The molecule has 7 heteroatoms. The van der Waals surface area contributed by atoms with Crippen LogP contribution in [0.25, 0.3) is 0 Å². The third-order valence-electron chi connectivity index (χ3n) is 3.87. The van der Waals surface area contributed by atoms with Gasteiger partial charge in [0.15, 0.2) is 0 Å². The van der Waals surface area contributed by atoms with Gasteiger partial charge in [-0.15, -0.1) is 0 Å². The van der Waals surface area contributed by atoms with Crippen LogP contribution in [0.2, 0.25) is 0 Å². The van der Waals surface area contributed by atoms with Gasteiger partial charge in [-0.2, -0.15) is 12.7 Å². The molecule has 2 rings (SSSR count). The highest BCUT2D eigenvalue weighted by atomic mass is 32.2. The van der Waals surface area contributed by atoms with Gasteiger partial charge in [0.1, 0.15) is 0 Å². The summed E-state index contributed by atoms with van der Waals surface area (Å²) >= 11 is 0. The van der Waals surface area contributed by atoms with Crippen LogP contribution in [0.5, 0.6) is 0 Å². The summed E-state index contributed by atoms with van der Waals surface area (Å²) in [5, 5.41) is 8.96. The summed E-state index contributed by atoms with van der Waals surface area (Å²) < 4.78 is 27.7. The summed E-state index contributed by atoms with van der Waals surface area (Å²) in [6, 6.07) is 7.24. The van der Waals surface area contributed by atoms with Crippen LogP contribution in [0.3, 0.4) is 0 Å². The fraction of sp³-hybridized carbons (Fsp3) is 0.500. The molecule has 1 N–H and O–H groups in total. The van der Waals surface area contributed by atoms with Gasteiger partial charge in [-0.3, -0.25) is 9.10 Å². The van der Waals surface area contributed by atoms with Gasteiger partial charge in [-0.25, -0.2) is 0 Å². The zero-order valence-electron chi connectivity index (χ0n) is 12.2. The van der Waals surface area contributed by atoms with E-state index in [0.717, 1.165) is 5.56 Å². The Labute approximate surface area is 125 Å². The highest BCUT2D eigenvalue weighted by Gasteiger charge is 2.33. The first-order valence-corrected chi connectivity index (χ1v) is 8.25. The Bertz CT molecular complexity index is 604. The van der Waals surface area contributed by atoms with Crippen molar-refractivity contribution in [2.45, 2.75) is 19.8 Å². The lowest BCUT2D eigenvalue weighted by atomic mass is 9.99. The van der Waals surface area contributed by atoms with Crippen molar-refractivity contribution in [3.8, 4) is 0 Å². The predicted octanol–water partition coefficient (Wildman–Crippen LogP) is 1.47. The van der Waals surface area contributed by atoms with Crippen LogP contribution in [0.1, 0.15) is 18.4 Å². The van der Waals surface area contributed by atoms with E-state index in [1.807, 2.05) is 19.1 Å². The van der Waals surface area contributed by atoms with Gasteiger partial charge in [0.25, 0.3) is 0 Å². The fourth-order valence-corrected chi connectivity index (χ4v) is 3.80. The van der Waals surface area contributed by atoms with Crippen LogP contribution in [0.4, 0.5) is 5.69 Å². The van der Waals surface area contributed by atoms with E-state index in [-0.39, 0.29) is 13.1 Å². The van der Waals surface area contributed by atoms with Gasteiger partial charge in [0, 0.05) is 20.1 Å². The van der Waals surface area contributed by atoms with Crippen LogP contribution >= 0.6 is 0 Å². The van der Waals surface area contributed by atoms with E-state index < -0.39 is 22.1 Å². The number of carboxylic acid groups (broad SMARTS) is 1. The fourth-order valence-electron chi connectivity index (χ4n) is 2.39. The lowest BCUT2D eigenvalue weighted by molar-refractivity contribution is -0.142. The zero-order chi connectivity index (χ0) is 15.6. The summed E-state index contributed by atoms with van der Waals surface area (Å²) in [5.41, 5.74) is 1.66. The van der Waals surface area contributed by atoms with Crippen LogP contribution in [0, 0.1) is 12.8 Å². The van der Waals surface area contributed by atoms with E-state index in [4.69, 9.17) is 5.11 Å². The van der Waals surface area contributed by atoms with E-state index in [2.05, 4.69) is 0 Å². The quantitative estimate of drug-likeness (QED) is 0.913. The largest absolute Gasteiger partial charge is 0.481 e. The van der Waals surface area contributed by atoms with Crippen molar-refractivity contribution in [2.75, 3.05) is 24.4 Å². The van der Waals surface area contributed by atoms with Crippen molar-refractivity contribution in [1.29, 1.82) is 0 Å². The molecule has 0 unspecified atom stereocenters. The normalized spacial score (nSPS) is 17.6. The molecule has 0 radical (unpaired) electrons. The average molecular weight is 312 g/mol. The molecule has 0 atom stereocenters. The number of rotatable bonds is 4. The molecule has 1 aromatic carbocycles. The third kappa shape index (κ3) is 3.36. The Morgan fingerprint density at radius 1 is 1.24 bits per heavy atom. The molecule has 0 spiro atoms. The second kappa shape index (κ2) is 6.03. The van der Waals surface area contributed by atoms with Crippen molar-refractivity contribution in [3.05, 3.63) is 29.8 Å². The maximum Gasteiger partial charge on any atom is 0.306 e. The Morgan fingerprint density at radius 2 is 1.76 bits per heavy atom. The number of nitrogens with zero attached hydrogens (tertiary/aromatic N) is 2. The van der Waals surface area contributed by atoms with Crippen molar-refractivity contribution >= 4 is 21.9 Å². The van der Waals surface area contributed by atoms with E-state index in [1.54, 1.807) is 12.1 Å². The minimum absolute atomic E-state index is 0.246. The van der Waals surface area contributed by atoms with Crippen molar-refractivity contribution in [3.63, 3.8) is 0 Å². The van der Waals surface area contributed by atoms with Crippen molar-refractivity contribution in [2.24, 2.45) is 5.92 Å². The highest BCUT2D eigenvalue weighted by molar-refractivity contribution is 7.90. The van der Waals surface area contributed by atoms with Gasteiger partial charge in [-0.1, -0.05) is 17.7 Å². The van der Waals surface area contributed by atoms with Gasteiger partial charge in [-0.05, 0) is 31.9 Å². The maximum absolute atomic E-state index is 12.6. The summed E-state index contributed by atoms with van der Waals surface area (Å²) in [6.45, 7) is 2.43. The minimum atomic E-state index is -3.60. The summed E-state index contributed by atoms with van der Waals surface area (Å²) in [5.74, 6) is -1.29. The molecule has 0 saturated carbocycles. The highest BCUT2D eigenvalue weighted by Crippen LogP contribution is 2.24. The first-order chi connectivity index (χ1) is 9.82. The summed E-state index contributed by atoms with van der Waals surface area (Å²) in [7, 11) is -2.09. The van der Waals surface area contributed by atoms with Crippen LogP contribution in [-0.2, 0) is 15.0 Å². The van der Waals surface area contributed by atoms with E-state index >= 15 is 0 Å². The molecule has 1 fully saturated rings. The molecule has 6 nitrogen and oxygen atoms in total. The standard InChI is InChI=1S/C14H20N2O4S/c1-11-3-5-13(6-4-11)15(2)21(19,20)16-9-7-12(8-10-16)14(17)18/h3-6,12H,7-10H2,1-2H3,(H,17,18). The molecule has 0 aliphatic carbocycles. The number of piperidine rings is 1. The maximum atomic E-state index is 12.6. The topological polar surface area (TPSA) is 77.9 Å². The lowest BCUT2D eigenvalue weighted by Gasteiger charge is -2.33. The first kappa shape index (κ1) is 15.8. The molecule has 0 bridgehead atoms. The molecular formula is C14H20N2O4S. The van der Waals surface area contributed by atoms with E-state index in [1.165, 1.54) is 15.7 Å². The summed E-state index contributed by atoms with van der Waals surface area (Å²) in [6.07, 6.45) is 0.715. The minimum Gasteiger partial charge on any atom is -0.481 e. The molecule has 21 heavy (non-hydrogen) atoms. The number of carboxylic acids is 1. The Balaban J connectivity index is 2.11. The number of aryl methyl sites for hydroxylation is 1. The molecule has 1 saturated heterocycles. The number of hydrogen-bond donors (Lipinski definition) is 1. The van der Waals surface area contributed by atoms with Crippen molar-refractivity contribution in [1.82, 2.24) is 4.31 Å². The van der Waals surface area contributed by atoms with Crippen LogP contribution in [-0.4, -0.2) is 43.9 Å². The summed E-state index contributed by atoms with van der Waals surface area (Å²) in [4.78, 5) is 10.9. The lowest BCUT2D eigenvalue weighted by Crippen LogP contribution is -2.46. The Kier molecular flexibility index (Phi) is 4.53. The number of anilines is 1. The number of aliphatic carboxylic acids is 1. The molecule has 1 aromatic rings.